The highest BCUT2D eigenvalue weighted by atomic mass is 35.5. The Bertz CT molecular complexity index is 843. The first-order chi connectivity index (χ1) is 14.5. The summed E-state index contributed by atoms with van der Waals surface area (Å²) in [5, 5.41) is 6.11. The van der Waals surface area contributed by atoms with Crippen LogP contribution >= 0.6 is 11.6 Å². The van der Waals surface area contributed by atoms with Gasteiger partial charge in [0.1, 0.15) is 0 Å². The van der Waals surface area contributed by atoms with E-state index in [-0.39, 0.29) is 12.6 Å². The molecule has 2 saturated heterocycles. The number of ether oxygens (including phenoxy) is 3. The van der Waals surface area contributed by atoms with Gasteiger partial charge in [-0.1, -0.05) is 29.8 Å². The molecule has 30 heavy (non-hydrogen) atoms. The lowest BCUT2D eigenvalue weighted by atomic mass is 9.94. The molecule has 1 unspecified atom stereocenters. The minimum atomic E-state index is -0.681. The number of urea groups is 1. The number of nitrogens with zero attached hydrogens (tertiary/aromatic N) is 1. The van der Waals surface area contributed by atoms with E-state index >= 15 is 0 Å². The van der Waals surface area contributed by atoms with Gasteiger partial charge in [0.05, 0.1) is 31.4 Å². The molecule has 0 aliphatic carbocycles. The SMILES string of the molecule is CCOC(=O)C1=C(CN2CCC3(CC2)OCCO3)NC(=O)NC1c1ccccc1Cl. The summed E-state index contributed by atoms with van der Waals surface area (Å²) < 4.78 is 16.9. The van der Waals surface area contributed by atoms with E-state index in [9.17, 15) is 9.59 Å². The maximum atomic E-state index is 12.9. The number of benzene rings is 1. The lowest BCUT2D eigenvalue weighted by molar-refractivity contribution is -0.184. The van der Waals surface area contributed by atoms with Crippen LogP contribution in [-0.4, -0.2) is 62.1 Å². The third-order valence-electron chi connectivity index (χ3n) is 5.68. The van der Waals surface area contributed by atoms with Gasteiger partial charge in [-0.25, -0.2) is 9.59 Å². The van der Waals surface area contributed by atoms with Gasteiger partial charge < -0.3 is 24.8 Å². The van der Waals surface area contributed by atoms with E-state index in [4.69, 9.17) is 25.8 Å². The van der Waals surface area contributed by atoms with E-state index in [2.05, 4.69) is 15.5 Å². The van der Waals surface area contributed by atoms with Gasteiger partial charge in [0, 0.05) is 43.2 Å². The van der Waals surface area contributed by atoms with Crippen molar-refractivity contribution < 1.29 is 23.8 Å². The normalized spacial score (nSPS) is 23.9. The Morgan fingerprint density at radius 2 is 1.97 bits per heavy atom. The second kappa shape index (κ2) is 8.93. The fraction of sp³-hybridized carbons (Fsp3) is 0.524. The van der Waals surface area contributed by atoms with Gasteiger partial charge in [0.2, 0.25) is 0 Å². The van der Waals surface area contributed by atoms with E-state index in [0.29, 0.717) is 41.6 Å². The molecule has 8 nitrogen and oxygen atoms in total. The zero-order chi connectivity index (χ0) is 21.1. The Morgan fingerprint density at radius 3 is 2.63 bits per heavy atom. The fourth-order valence-electron chi connectivity index (χ4n) is 4.20. The highest BCUT2D eigenvalue weighted by molar-refractivity contribution is 6.31. The van der Waals surface area contributed by atoms with Gasteiger partial charge in [0.15, 0.2) is 5.79 Å². The molecule has 2 fully saturated rings. The van der Waals surface area contributed by atoms with Crippen molar-refractivity contribution in [2.24, 2.45) is 0 Å². The maximum absolute atomic E-state index is 12.9. The molecule has 2 amide bonds. The molecule has 9 heteroatoms. The van der Waals surface area contributed by atoms with Crippen LogP contribution in [-0.2, 0) is 19.0 Å². The highest BCUT2D eigenvalue weighted by Crippen LogP contribution is 2.34. The summed E-state index contributed by atoms with van der Waals surface area (Å²) in [7, 11) is 0. The molecular weight excluding hydrogens is 410 g/mol. The number of hydrogen-bond donors (Lipinski definition) is 2. The zero-order valence-corrected chi connectivity index (χ0v) is 17.7. The van der Waals surface area contributed by atoms with Crippen molar-refractivity contribution in [2.45, 2.75) is 31.6 Å². The topological polar surface area (TPSA) is 89.1 Å². The van der Waals surface area contributed by atoms with Crippen molar-refractivity contribution >= 4 is 23.6 Å². The van der Waals surface area contributed by atoms with E-state index in [1.165, 1.54) is 0 Å². The first-order valence-corrected chi connectivity index (χ1v) is 10.6. The number of hydrogen-bond acceptors (Lipinski definition) is 6. The van der Waals surface area contributed by atoms with Gasteiger partial charge in [-0.2, -0.15) is 0 Å². The van der Waals surface area contributed by atoms with Crippen LogP contribution in [0, 0.1) is 0 Å². The second-order valence-corrected chi connectivity index (χ2v) is 7.96. The molecule has 0 saturated carbocycles. The van der Waals surface area contributed by atoms with Crippen molar-refractivity contribution in [1.82, 2.24) is 15.5 Å². The Balaban J connectivity index is 1.61. The predicted octanol–water partition coefficient (Wildman–Crippen LogP) is 2.35. The monoisotopic (exact) mass is 435 g/mol. The zero-order valence-electron chi connectivity index (χ0n) is 16.9. The number of rotatable bonds is 5. The van der Waals surface area contributed by atoms with E-state index in [1.807, 2.05) is 6.07 Å². The molecule has 0 bridgehead atoms. The summed E-state index contributed by atoms with van der Waals surface area (Å²) in [6, 6.07) is 6.11. The largest absolute Gasteiger partial charge is 0.463 e. The first-order valence-electron chi connectivity index (χ1n) is 10.2. The van der Waals surface area contributed by atoms with E-state index in [1.54, 1.807) is 25.1 Å². The van der Waals surface area contributed by atoms with Gasteiger partial charge in [0.25, 0.3) is 0 Å². The third kappa shape index (κ3) is 4.32. The van der Waals surface area contributed by atoms with Crippen molar-refractivity contribution in [3.05, 3.63) is 46.1 Å². The Morgan fingerprint density at radius 1 is 1.27 bits per heavy atom. The summed E-state index contributed by atoms with van der Waals surface area (Å²) in [6.45, 7) is 5.12. The lowest BCUT2D eigenvalue weighted by Gasteiger charge is -2.39. The van der Waals surface area contributed by atoms with E-state index < -0.39 is 17.8 Å². The number of amides is 2. The molecule has 2 N–H and O–H groups in total. The molecule has 1 spiro atoms. The summed E-state index contributed by atoms with van der Waals surface area (Å²) in [4.78, 5) is 27.5. The average molecular weight is 436 g/mol. The molecular formula is C21H26ClN3O5. The van der Waals surface area contributed by atoms with Crippen LogP contribution < -0.4 is 10.6 Å². The highest BCUT2D eigenvalue weighted by Gasteiger charge is 2.41. The van der Waals surface area contributed by atoms with Gasteiger partial charge in [-0.3, -0.25) is 4.90 Å². The van der Waals surface area contributed by atoms with Crippen LogP contribution in [0.25, 0.3) is 0 Å². The molecule has 3 aliphatic rings. The van der Waals surface area contributed by atoms with Gasteiger partial charge in [-0.15, -0.1) is 0 Å². The molecule has 3 heterocycles. The Labute approximate surface area is 180 Å². The quantitative estimate of drug-likeness (QED) is 0.690. The number of esters is 1. The minimum absolute atomic E-state index is 0.236. The van der Waals surface area contributed by atoms with Crippen molar-refractivity contribution in [3.63, 3.8) is 0 Å². The lowest BCUT2D eigenvalue weighted by Crippen LogP contribution is -2.51. The molecule has 0 radical (unpaired) electrons. The number of halogens is 1. The second-order valence-electron chi connectivity index (χ2n) is 7.55. The Kier molecular flexibility index (Phi) is 6.29. The maximum Gasteiger partial charge on any atom is 0.338 e. The third-order valence-corrected chi connectivity index (χ3v) is 6.02. The molecule has 4 rings (SSSR count). The number of carbonyl (C=O) groups excluding carboxylic acids is 2. The smallest absolute Gasteiger partial charge is 0.338 e. The van der Waals surface area contributed by atoms with Crippen molar-refractivity contribution in [1.29, 1.82) is 0 Å². The standard InChI is InChI=1S/C21H26ClN3O5/c1-2-28-19(26)17-16(13-25-9-7-21(8-10-25)29-11-12-30-21)23-20(27)24-18(17)14-5-3-4-6-15(14)22/h3-6,18H,2,7-13H2,1H3,(H2,23,24,27). The number of carbonyl (C=O) groups is 2. The van der Waals surface area contributed by atoms with Crippen LogP contribution in [0.4, 0.5) is 4.79 Å². The molecule has 0 aromatic heterocycles. The van der Waals surface area contributed by atoms with Gasteiger partial charge in [-0.05, 0) is 18.6 Å². The van der Waals surface area contributed by atoms with E-state index in [0.717, 1.165) is 25.9 Å². The molecule has 1 aromatic carbocycles. The Hall–Kier alpha value is -2.13. The summed E-state index contributed by atoms with van der Waals surface area (Å²) in [6.07, 6.45) is 1.49. The summed E-state index contributed by atoms with van der Waals surface area (Å²) in [5.41, 5.74) is 1.56. The number of piperidine rings is 1. The predicted molar refractivity (Wildman–Crippen MR) is 110 cm³/mol. The average Bonchev–Trinajstić information content (AvgIpc) is 3.18. The molecule has 3 aliphatic heterocycles. The van der Waals surface area contributed by atoms with Crippen molar-refractivity contribution in [2.75, 3.05) is 39.5 Å². The van der Waals surface area contributed by atoms with Crippen LogP contribution in [0.15, 0.2) is 35.5 Å². The molecule has 1 atom stereocenters. The van der Waals surface area contributed by atoms with Crippen molar-refractivity contribution in [3.8, 4) is 0 Å². The summed E-state index contributed by atoms with van der Waals surface area (Å²) >= 11 is 6.38. The molecule has 1 aromatic rings. The first kappa shape index (κ1) is 21.1. The molecule has 162 valence electrons. The van der Waals surface area contributed by atoms with Crippen LogP contribution in [0.3, 0.4) is 0 Å². The summed E-state index contributed by atoms with van der Waals surface area (Å²) in [5.74, 6) is -0.951. The minimum Gasteiger partial charge on any atom is -0.463 e. The van der Waals surface area contributed by atoms with Gasteiger partial charge >= 0.3 is 12.0 Å². The van der Waals surface area contributed by atoms with Crippen LogP contribution in [0.2, 0.25) is 5.02 Å². The van der Waals surface area contributed by atoms with Crippen LogP contribution in [0.1, 0.15) is 31.4 Å². The number of likely N-dealkylation sites (tertiary alicyclic amines) is 1. The van der Waals surface area contributed by atoms with Crippen LogP contribution in [0.5, 0.6) is 0 Å². The number of nitrogens with one attached hydrogen (secondary N) is 2. The fourth-order valence-corrected chi connectivity index (χ4v) is 4.44.